The van der Waals surface area contributed by atoms with Gasteiger partial charge in [0.2, 0.25) is 5.82 Å². The number of hydrogen-bond acceptors (Lipinski definition) is 6. The lowest BCUT2D eigenvalue weighted by atomic mass is 10.2. The Balaban J connectivity index is 2.09. The van der Waals surface area contributed by atoms with E-state index in [4.69, 9.17) is 5.26 Å². The average Bonchev–Trinajstić information content (AvgIpc) is 3.08. The van der Waals surface area contributed by atoms with Crippen LogP contribution in [0.3, 0.4) is 0 Å². The number of benzene rings is 1. The molecule has 2 N–H and O–H groups in total. The fraction of sp³-hybridized carbons (Fsp3) is 0.333. The molecule has 0 radical (unpaired) electrons. The van der Waals surface area contributed by atoms with Gasteiger partial charge in [-0.3, -0.25) is 4.90 Å². The summed E-state index contributed by atoms with van der Waals surface area (Å²) in [6.07, 6.45) is 1.58. The molecule has 0 aliphatic heterocycles. The highest BCUT2D eigenvalue weighted by Crippen LogP contribution is 2.14. The van der Waals surface area contributed by atoms with Crippen LogP contribution in [0.4, 0.5) is 5.69 Å². The van der Waals surface area contributed by atoms with E-state index in [1.54, 1.807) is 6.20 Å². The zero-order valence-electron chi connectivity index (χ0n) is 12.7. The summed E-state index contributed by atoms with van der Waals surface area (Å²) in [6.45, 7) is 7.24. The molecule has 0 amide bonds. The topological polar surface area (TPSA) is 93.5 Å². The Morgan fingerprint density at radius 3 is 2.86 bits per heavy atom. The molecule has 0 atom stereocenters. The minimum atomic E-state index is 0.272. The van der Waals surface area contributed by atoms with Gasteiger partial charge in [-0.05, 0) is 36.0 Å². The third-order valence-corrected chi connectivity index (χ3v) is 3.32. The summed E-state index contributed by atoms with van der Waals surface area (Å²) in [4.78, 5) is 2.34. The molecule has 2 rings (SSSR count). The van der Waals surface area contributed by atoms with E-state index in [-0.39, 0.29) is 5.82 Å². The van der Waals surface area contributed by atoms with Crippen molar-refractivity contribution in [1.82, 2.24) is 25.5 Å². The van der Waals surface area contributed by atoms with Crippen LogP contribution in [-0.4, -0.2) is 38.6 Å². The van der Waals surface area contributed by atoms with E-state index >= 15 is 0 Å². The summed E-state index contributed by atoms with van der Waals surface area (Å²) in [5.41, 5.74) is 2.46. The van der Waals surface area contributed by atoms with E-state index in [0.29, 0.717) is 5.57 Å². The van der Waals surface area contributed by atoms with Crippen molar-refractivity contribution in [1.29, 1.82) is 5.26 Å². The van der Waals surface area contributed by atoms with Gasteiger partial charge < -0.3 is 5.32 Å². The van der Waals surface area contributed by atoms with E-state index in [1.165, 1.54) is 5.56 Å². The summed E-state index contributed by atoms with van der Waals surface area (Å²) in [6, 6.07) is 10.2. The number of rotatable bonds is 7. The van der Waals surface area contributed by atoms with Crippen molar-refractivity contribution in [3.8, 4) is 6.07 Å². The van der Waals surface area contributed by atoms with Crippen molar-refractivity contribution in [3.63, 3.8) is 0 Å². The minimum Gasteiger partial charge on any atom is -0.360 e. The van der Waals surface area contributed by atoms with Gasteiger partial charge in [0.25, 0.3) is 0 Å². The smallest absolute Gasteiger partial charge is 0.216 e. The predicted molar refractivity (Wildman–Crippen MR) is 84.5 cm³/mol. The molecule has 0 aliphatic carbocycles. The number of allylic oxidation sites excluding steroid dienone is 1. The number of anilines is 1. The summed E-state index contributed by atoms with van der Waals surface area (Å²) < 4.78 is 0. The summed E-state index contributed by atoms with van der Waals surface area (Å²) in [7, 11) is 0. The number of aromatic nitrogens is 4. The number of tetrazole rings is 1. The Morgan fingerprint density at radius 1 is 1.41 bits per heavy atom. The fourth-order valence-electron chi connectivity index (χ4n) is 2.04. The highest BCUT2D eigenvalue weighted by molar-refractivity contribution is 5.74. The molecule has 0 bridgehead atoms. The third-order valence-electron chi connectivity index (χ3n) is 3.32. The molecule has 0 fully saturated rings. The molecule has 0 aliphatic rings. The maximum Gasteiger partial charge on any atom is 0.216 e. The lowest BCUT2D eigenvalue weighted by Gasteiger charge is -2.18. The second-order valence-corrected chi connectivity index (χ2v) is 4.71. The van der Waals surface area contributed by atoms with Crippen LogP contribution >= 0.6 is 0 Å². The van der Waals surface area contributed by atoms with Gasteiger partial charge in [0.15, 0.2) is 0 Å². The van der Waals surface area contributed by atoms with Gasteiger partial charge in [-0.1, -0.05) is 26.0 Å². The molecule has 1 heterocycles. The van der Waals surface area contributed by atoms with Gasteiger partial charge in [-0.2, -0.15) is 10.5 Å². The monoisotopic (exact) mass is 297 g/mol. The quantitative estimate of drug-likeness (QED) is 0.759. The number of H-pyrrole nitrogens is 1. The van der Waals surface area contributed by atoms with Crippen LogP contribution in [0.25, 0.3) is 5.57 Å². The van der Waals surface area contributed by atoms with Crippen molar-refractivity contribution in [2.45, 2.75) is 20.4 Å². The number of nitrogens with one attached hydrogen (secondary N) is 2. The second kappa shape index (κ2) is 7.90. The number of nitriles is 1. The highest BCUT2D eigenvalue weighted by Gasteiger charge is 2.06. The highest BCUT2D eigenvalue weighted by atomic mass is 15.5. The molecule has 7 nitrogen and oxygen atoms in total. The lowest BCUT2D eigenvalue weighted by Crippen LogP contribution is -2.22. The Labute approximate surface area is 129 Å². The molecular formula is C15H19N7. The van der Waals surface area contributed by atoms with Crippen LogP contribution in [0, 0.1) is 11.3 Å². The van der Waals surface area contributed by atoms with E-state index in [2.05, 4.69) is 56.8 Å². The Kier molecular flexibility index (Phi) is 5.63. The largest absolute Gasteiger partial charge is 0.360 e. The summed E-state index contributed by atoms with van der Waals surface area (Å²) in [5, 5.41) is 25.6. The van der Waals surface area contributed by atoms with E-state index in [0.717, 1.165) is 25.3 Å². The van der Waals surface area contributed by atoms with Crippen LogP contribution in [0.2, 0.25) is 0 Å². The lowest BCUT2D eigenvalue weighted by molar-refractivity contribution is 0.296. The van der Waals surface area contributed by atoms with E-state index in [9.17, 15) is 0 Å². The molecular weight excluding hydrogens is 278 g/mol. The van der Waals surface area contributed by atoms with Gasteiger partial charge in [0.1, 0.15) is 11.6 Å². The normalized spacial score (nSPS) is 11.5. The molecule has 0 spiro atoms. The first-order valence-electron chi connectivity index (χ1n) is 7.18. The number of aromatic amines is 1. The number of nitrogens with zero attached hydrogens (tertiary/aromatic N) is 5. The molecule has 22 heavy (non-hydrogen) atoms. The third kappa shape index (κ3) is 4.14. The zero-order valence-corrected chi connectivity index (χ0v) is 12.7. The summed E-state index contributed by atoms with van der Waals surface area (Å²) in [5.74, 6) is 0.272. The standard InChI is InChI=1S/C15H19N7/c1-3-22(4-2)11-12-6-5-7-14(8-12)17-10-13(9-16)15-18-20-21-19-15/h5-8,10,17H,3-4,11H2,1-2H3,(H,18,19,20,21). The first-order chi connectivity index (χ1) is 10.8. The van der Waals surface area contributed by atoms with Crippen LogP contribution in [0.1, 0.15) is 25.2 Å². The minimum absolute atomic E-state index is 0.272. The SMILES string of the molecule is CCN(CC)Cc1cccc(NC=C(C#N)c2nn[nH]n2)c1. The maximum absolute atomic E-state index is 9.13. The van der Waals surface area contributed by atoms with E-state index in [1.807, 2.05) is 18.2 Å². The Bertz CT molecular complexity index is 651. The Morgan fingerprint density at radius 2 is 2.23 bits per heavy atom. The predicted octanol–water partition coefficient (Wildman–Crippen LogP) is 2.02. The van der Waals surface area contributed by atoms with Crippen molar-refractivity contribution >= 4 is 11.3 Å². The van der Waals surface area contributed by atoms with Crippen LogP contribution in [-0.2, 0) is 6.54 Å². The maximum atomic E-state index is 9.13. The van der Waals surface area contributed by atoms with Crippen molar-refractivity contribution in [3.05, 3.63) is 41.9 Å². The van der Waals surface area contributed by atoms with Crippen molar-refractivity contribution in [2.24, 2.45) is 0 Å². The van der Waals surface area contributed by atoms with Crippen LogP contribution in [0.15, 0.2) is 30.5 Å². The molecule has 7 heteroatoms. The van der Waals surface area contributed by atoms with Gasteiger partial charge in [-0.25, -0.2) is 0 Å². The molecule has 0 unspecified atom stereocenters. The molecule has 2 aromatic rings. The zero-order chi connectivity index (χ0) is 15.8. The first kappa shape index (κ1) is 15.7. The number of hydrogen-bond donors (Lipinski definition) is 2. The van der Waals surface area contributed by atoms with Crippen molar-refractivity contribution < 1.29 is 0 Å². The van der Waals surface area contributed by atoms with Crippen molar-refractivity contribution in [2.75, 3.05) is 18.4 Å². The van der Waals surface area contributed by atoms with Gasteiger partial charge in [0, 0.05) is 18.4 Å². The van der Waals surface area contributed by atoms with Gasteiger partial charge in [0.05, 0.1) is 0 Å². The van der Waals surface area contributed by atoms with Gasteiger partial charge in [-0.15, -0.1) is 10.2 Å². The molecule has 114 valence electrons. The average molecular weight is 297 g/mol. The summed E-state index contributed by atoms with van der Waals surface area (Å²) >= 11 is 0. The van der Waals surface area contributed by atoms with Crippen LogP contribution in [0.5, 0.6) is 0 Å². The second-order valence-electron chi connectivity index (χ2n) is 4.71. The molecule has 1 aromatic heterocycles. The van der Waals surface area contributed by atoms with E-state index < -0.39 is 0 Å². The Hall–Kier alpha value is -2.72. The molecule has 0 saturated carbocycles. The first-order valence-corrected chi connectivity index (χ1v) is 7.18. The fourth-order valence-corrected chi connectivity index (χ4v) is 2.04. The van der Waals surface area contributed by atoms with Gasteiger partial charge >= 0.3 is 0 Å². The van der Waals surface area contributed by atoms with Crippen LogP contribution < -0.4 is 5.32 Å². The molecule has 0 saturated heterocycles. The molecule has 1 aromatic carbocycles.